The van der Waals surface area contributed by atoms with Gasteiger partial charge in [0.2, 0.25) is 5.91 Å². The molecule has 5 heteroatoms. The quantitative estimate of drug-likeness (QED) is 0.845. The Kier molecular flexibility index (Phi) is 4.58. The van der Waals surface area contributed by atoms with Gasteiger partial charge in [0.05, 0.1) is 11.3 Å². The summed E-state index contributed by atoms with van der Waals surface area (Å²) in [4.78, 5) is 24.2. The lowest BCUT2D eigenvalue weighted by Gasteiger charge is -2.19. The van der Waals surface area contributed by atoms with Crippen molar-refractivity contribution in [3.63, 3.8) is 0 Å². The summed E-state index contributed by atoms with van der Waals surface area (Å²) in [6, 6.07) is 16.2. The average molecular weight is 344 g/mol. The van der Waals surface area contributed by atoms with E-state index in [0.29, 0.717) is 10.6 Å². The van der Waals surface area contributed by atoms with Crippen LogP contribution in [0, 0.1) is 0 Å². The Balaban J connectivity index is 1.70. The zero-order chi connectivity index (χ0) is 17.2. The number of hydrogen-bond donors (Lipinski definition) is 2. The van der Waals surface area contributed by atoms with E-state index in [1.54, 1.807) is 36.4 Å². The van der Waals surface area contributed by atoms with E-state index in [9.17, 15) is 14.7 Å². The summed E-state index contributed by atoms with van der Waals surface area (Å²) in [5, 5.41) is 12.9. The SMILES string of the molecule is O=C(O)C(CNC(=O)C1(c2ccc(Cl)cc2)CC1)c1ccccc1. The molecule has 0 spiro atoms. The monoisotopic (exact) mass is 343 g/mol. The van der Waals surface area contributed by atoms with Crippen molar-refractivity contribution in [2.75, 3.05) is 6.54 Å². The van der Waals surface area contributed by atoms with Crippen LogP contribution in [0.15, 0.2) is 54.6 Å². The van der Waals surface area contributed by atoms with Crippen LogP contribution in [0.5, 0.6) is 0 Å². The number of carbonyl (C=O) groups is 2. The molecule has 4 nitrogen and oxygen atoms in total. The summed E-state index contributed by atoms with van der Waals surface area (Å²) in [5.41, 5.74) is 1.07. The normalized spacial score (nSPS) is 16.2. The van der Waals surface area contributed by atoms with Crippen molar-refractivity contribution >= 4 is 23.5 Å². The van der Waals surface area contributed by atoms with Gasteiger partial charge in [-0.2, -0.15) is 0 Å². The molecule has 0 saturated heterocycles. The molecule has 0 heterocycles. The van der Waals surface area contributed by atoms with E-state index in [-0.39, 0.29) is 12.5 Å². The summed E-state index contributed by atoms with van der Waals surface area (Å²) in [5.74, 6) is -1.82. The number of carbonyl (C=O) groups excluding carboxylic acids is 1. The average Bonchev–Trinajstić information content (AvgIpc) is 3.38. The topological polar surface area (TPSA) is 66.4 Å². The molecule has 124 valence electrons. The molecule has 2 N–H and O–H groups in total. The van der Waals surface area contributed by atoms with Gasteiger partial charge in [-0.05, 0) is 36.1 Å². The third-order valence-electron chi connectivity index (χ3n) is 4.55. The van der Waals surface area contributed by atoms with Crippen LogP contribution >= 0.6 is 11.6 Å². The third-order valence-corrected chi connectivity index (χ3v) is 4.80. The summed E-state index contributed by atoms with van der Waals surface area (Å²) in [7, 11) is 0. The first-order valence-electron chi connectivity index (χ1n) is 7.85. The molecule has 1 amide bonds. The Labute approximate surface area is 145 Å². The molecule has 1 aliphatic carbocycles. The van der Waals surface area contributed by atoms with Crippen molar-refractivity contribution in [3.05, 3.63) is 70.7 Å². The number of benzene rings is 2. The van der Waals surface area contributed by atoms with E-state index in [4.69, 9.17) is 11.6 Å². The van der Waals surface area contributed by atoms with Gasteiger partial charge in [0.25, 0.3) is 0 Å². The molecule has 0 aliphatic heterocycles. The van der Waals surface area contributed by atoms with E-state index < -0.39 is 17.3 Å². The van der Waals surface area contributed by atoms with Crippen LogP contribution in [0.25, 0.3) is 0 Å². The molecule has 1 fully saturated rings. The summed E-state index contributed by atoms with van der Waals surface area (Å²) in [6.45, 7) is 0.0769. The number of nitrogens with one attached hydrogen (secondary N) is 1. The van der Waals surface area contributed by atoms with Gasteiger partial charge in [0, 0.05) is 11.6 Å². The lowest BCUT2D eigenvalue weighted by Crippen LogP contribution is -2.38. The van der Waals surface area contributed by atoms with Crippen LogP contribution in [0.1, 0.15) is 29.9 Å². The molecule has 24 heavy (non-hydrogen) atoms. The fourth-order valence-corrected chi connectivity index (χ4v) is 3.06. The highest BCUT2D eigenvalue weighted by Crippen LogP contribution is 2.48. The van der Waals surface area contributed by atoms with Gasteiger partial charge in [-0.3, -0.25) is 9.59 Å². The zero-order valence-corrected chi connectivity index (χ0v) is 13.8. The van der Waals surface area contributed by atoms with E-state index in [0.717, 1.165) is 18.4 Å². The largest absolute Gasteiger partial charge is 0.481 e. The fourth-order valence-electron chi connectivity index (χ4n) is 2.94. The molecule has 1 saturated carbocycles. The lowest BCUT2D eigenvalue weighted by molar-refractivity contribution is -0.138. The molecule has 0 radical (unpaired) electrons. The molecule has 2 aromatic carbocycles. The Morgan fingerprint density at radius 1 is 1.08 bits per heavy atom. The molecule has 2 aromatic rings. The highest BCUT2D eigenvalue weighted by Gasteiger charge is 2.51. The molecular weight excluding hydrogens is 326 g/mol. The number of amides is 1. The van der Waals surface area contributed by atoms with Crippen molar-refractivity contribution in [2.45, 2.75) is 24.2 Å². The van der Waals surface area contributed by atoms with Crippen molar-refractivity contribution in [1.29, 1.82) is 0 Å². The number of carboxylic acid groups (broad SMARTS) is 1. The third kappa shape index (κ3) is 3.29. The second-order valence-electron chi connectivity index (χ2n) is 6.10. The van der Waals surface area contributed by atoms with Crippen molar-refractivity contribution in [2.24, 2.45) is 0 Å². The molecule has 3 rings (SSSR count). The lowest BCUT2D eigenvalue weighted by atomic mass is 9.94. The van der Waals surface area contributed by atoms with Gasteiger partial charge >= 0.3 is 5.97 Å². The smallest absolute Gasteiger partial charge is 0.312 e. The second kappa shape index (κ2) is 6.65. The van der Waals surface area contributed by atoms with Crippen LogP contribution < -0.4 is 5.32 Å². The molecule has 1 unspecified atom stereocenters. The van der Waals surface area contributed by atoms with E-state index in [1.807, 2.05) is 18.2 Å². The van der Waals surface area contributed by atoms with E-state index in [1.165, 1.54) is 0 Å². The van der Waals surface area contributed by atoms with Gasteiger partial charge in [-0.25, -0.2) is 0 Å². The van der Waals surface area contributed by atoms with Gasteiger partial charge in [0.1, 0.15) is 0 Å². The minimum atomic E-state index is -0.946. The standard InChI is InChI=1S/C19H18ClNO3/c20-15-8-6-14(7-9-15)19(10-11-19)18(24)21-12-16(17(22)23)13-4-2-1-3-5-13/h1-9,16H,10-12H2,(H,21,24)(H,22,23). The Morgan fingerprint density at radius 2 is 1.71 bits per heavy atom. The number of rotatable bonds is 6. The highest BCUT2D eigenvalue weighted by atomic mass is 35.5. The minimum Gasteiger partial charge on any atom is -0.481 e. The van der Waals surface area contributed by atoms with Crippen molar-refractivity contribution in [3.8, 4) is 0 Å². The molecule has 0 aromatic heterocycles. The second-order valence-corrected chi connectivity index (χ2v) is 6.54. The first kappa shape index (κ1) is 16.5. The number of aliphatic carboxylic acids is 1. The summed E-state index contributed by atoms with van der Waals surface area (Å²) in [6.07, 6.45) is 1.53. The first-order valence-corrected chi connectivity index (χ1v) is 8.23. The van der Waals surface area contributed by atoms with E-state index >= 15 is 0 Å². The van der Waals surface area contributed by atoms with Gasteiger partial charge in [0.15, 0.2) is 0 Å². The van der Waals surface area contributed by atoms with Crippen LogP contribution in [0.4, 0.5) is 0 Å². The maximum Gasteiger partial charge on any atom is 0.312 e. The maximum atomic E-state index is 12.6. The van der Waals surface area contributed by atoms with Gasteiger partial charge in [-0.15, -0.1) is 0 Å². The summed E-state index contributed by atoms with van der Waals surface area (Å²) < 4.78 is 0. The predicted octanol–water partition coefficient (Wildman–Crippen LogP) is 3.36. The summed E-state index contributed by atoms with van der Waals surface area (Å²) >= 11 is 5.90. The van der Waals surface area contributed by atoms with Crippen molar-refractivity contribution < 1.29 is 14.7 Å². The maximum absolute atomic E-state index is 12.6. The van der Waals surface area contributed by atoms with Crippen LogP contribution in [0.3, 0.4) is 0 Å². The number of carboxylic acids is 1. The van der Waals surface area contributed by atoms with Crippen LogP contribution in [-0.4, -0.2) is 23.5 Å². The number of halogens is 1. The Morgan fingerprint density at radius 3 is 2.25 bits per heavy atom. The first-order chi connectivity index (χ1) is 11.5. The molecular formula is C19H18ClNO3. The van der Waals surface area contributed by atoms with Crippen LogP contribution in [0.2, 0.25) is 5.02 Å². The number of hydrogen-bond acceptors (Lipinski definition) is 2. The minimum absolute atomic E-state index is 0.0769. The Hall–Kier alpha value is -2.33. The van der Waals surface area contributed by atoms with Crippen molar-refractivity contribution in [1.82, 2.24) is 5.32 Å². The van der Waals surface area contributed by atoms with Crippen LogP contribution in [-0.2, 0) is 15.0 Å². The van der Waals surface area contributed by atoms with Gasteiger partial charge < -0.3 is 10.4 Å². The highest BCUT2D eigenvalue weighted by molar-refractivity contribution is 6.30. The Bertz CT molecular complexity index is 739. The predicted molar refractivity (Wildman–Crippen MR) is 92.2 cm³/mol. The molecule has 1 aliphatic rings. The van der Waals surface area contributed by atoms with E-state index in [2.05, 4.69) is 5.32 Å². The molecule has 1 atom stereocenters. The van der Waals surface area contributed by atoms with Gasteiger partial charge in [-0.1, -0.05) is 54.1 Å². The molecule has 0 bridgehead atoms. The zero-order valence-electron chi connectivity index (χ0n) is 13.0. The fraction of sp³-hybridized carbons (Fsp3) is 0.263.